The standard InChI is InChI=1S/C12H14N4O3S/c1-8(17)14-4-5-16-10-2-3-13-6-9(10)15-12(16)20-7-11(18)19/h2-3,6H,4-5,7H2,1H3,(H,14,17)(H,18,19). The minimum absolute atomic E-state index is 0.0586. The molecule has 0 saturated heterocycles. The average Bonchev–Trinajstić information content (AvgIpc) is 2.74. The molecule has 7 nitrogen and oxygen atoms in total. The Morgan fingerprint density at radius 1 is 1.50 bits per heavy atom. The summed E-state index contributed by atoms with van der Waals surface area (Å²) in [6, 6.07) is 1.82. The molecule has 2 aromatic rings. The number of hydrogen-bond donors (Lipinski definition) is 2. The van der Waals surface area contributed by atoms with Crippen molar-refractivity contribution in [1.29, 1.82) is 0 Å². The summed E-state index contributed by atoms with van der Waals surface area (Å²) in [4.78, 5) is 30.0. The van der Waals surface area contributed by atoms with Crippen LogP contribution in [0.5, 0.6) is 0 Å². The molecule has 106 valence electrons. The van der Waals surface area contributed by atoms with Gasteiger partial charge in [0, 0.05) is 26.2 Å². The second kappa shape index (κ2) is 6.38. The molecule has 0 aliphatic heterocycles. The Bertz CT molecular complexity index is 641. The molecule has 2 rings (SSSR count). The number of imidazole rings is 1. The maximum Gasteiger partial charge on any atom is 0.313 e. The molecule has 0 fully saturated rings. The lowest BCUT2D eigenvalue weighted by molar-refractivity contribution is -0.133. The summed E-state index contributed by atoms with van der Waals surface area (Å²) >= 11 is 1.15. The first kappa shape index (κ1) is 14.3. The molecule has 0 atom stereocenters. The SMILES string of the molecule is CC(=O)NCCn1c(SCC(=O)O)nc2cnccc21. The van der Waals surface area contributed by atoms with E-state index in [1.165, 1.54) is 6.92 Å². The lowest BCUT2D eigenvalue weighted by atomic mass is 10.4. The number of carboxylic acids is 1. The van der Waals surface area contributed by atoms with Crippen molar-refractivity contribution < 1.29 is 14.7 Å². The topological polar surface area (TPSA) is 97.1 Å². The molecule has 0 aliphatic rings. The number of rotatable bonds is 6. The maximum atomic E-state index is 10.9. The first-order valence-electron chi connectivity index (χ1n) is 5.97. The normalized spacial score (nSPS) is 10.7. The van der Waals surface area contributed by atoms with Gasteiger partial charge in [-0.3, -0.25) is 14.6 Å². The minimum Gasteiger partial charge on any atom is -0.481 e. The molecule has 0 spiro atoms. The number of aliphatic carboxylic acids is 1. The van der Waals surface area contributed by atoms with Crippen molar-refractivity contribution in [2.45, 2.75) is 18.6 Å². The summed E-state index contributed by atoms with van der Waals surface area (Å²) in [6.45, 7) is 2.45. The summed E-state index contributed by atoms with van der Waals surface area (Å²) in [6.07, 6.45) is 3.29. The highest BCUT2D eigenvalue weighted by Crippen LogP contribution is 2.23. The second-order valence-corrected chi connectivity index (χ2v) is 5.02. The van der Waals surface area contributed by atoms with Crippen LogP contribution in [0.15, 0.2) is 23.6 Å². The van der Waals surface area contributed by atoms with E-state index in [1.54, 1.807) is 12.4 Å². The molecule has 0 unspecified atom stereocenters. The second-order valence-electron chi connectivity index (χ2n) is 4.08. The summed E-state index contributed by atoms with van der Waals surface area (Å²) in [5.74, 6) is -1.05. The van der Waals surface area contributed by atoms with Gasteiger partial charge in [0.1, 0.15) is 5.52 Å². The van der Waals surface area contributed by atoms with Crippen molar-refractivity contribution in [2.75, 3.05) is 12.3 Å². The molecule has 20 heavy (non-hydrogen) atoms. The number of fused-ring (bicyclic) bond motifs is 1. The van der Waals surface area contributed by atoms with Crippen LogP contribution >= 0.6 is 11.8 Å². The first-order chi connectivity index (χ1) is 9.58. The fourth-order valence-corrected chi connectivity index (χ4v) is 2.52. The molecular weight excluding hydrogens is 280 g/mol. The zero-order valence-electron chi connectivity index (χ0n) is 10.9. The van der Waals surface area contributed by atoms with Crippen LogP contribution in [-0.2, 0) is 16.1 Å². The zero-order chi connectivity index (χ0) is 14.5. The number of carboxylic acid groups (broad SMARTS) is 1. The molecule has 0 aliphatic carbocycles. The molecule has 2 N–H and O–H groups in total. The number of pyridine rings is 1. The van der Waals surface area contributed by atoms with Crippen molar-refractivity contribution in [3.63, 3.8) is 0 Å². The van der Waals surface area contributed by atoms with Crippen LogP contribution in [0.25, 0.3) is 11.0 Å². The molecule has 2 aromatic heterocycles. The van der Waals surface area contributed by atoms with Crippen molar-refractivity contribution >= 4 is 34.7 Å². The Morgan fingerprint density at radius 3 is 3.00 bits per heavy atom. The number of thioether (sulfide) groups is 1. The lowest BCUT2D eigenvalue weighted by Gasteiger charge is -2.08. The van der Waals surface area contributed by atoms with Crippen LogP contribution in [0.4, 0.5) is 0 Å². The first-order valence-corrected chi connectivity index (χ1v) is 6.96. The largest absolute Gasteiger partial charge is 0.481 e. The minimum atomic E-state index is -0.895. The van der Waals surface area contributed by atoms with Crippen molar-refractivity contribution in [2.24, 2.45) is 0 Å². The smallest absolute Gasteiger partial charge is 0.313 e. The summed E-state index contributed by atoms with van der Waals surface area (Å²) < 4.78 is 1.89. The highest BCUT2D eigenvalue weighted by atomic mass is 32.2. The Balaban J connectivity index is 2.24. The number of nitrogens with one attached hydrogen (secondary N) is 1. The number of nitrogens with zero attached hydrogens (tertiary/aromatic N) is 3. The van der Waals surface area contributed by atoms with E-state index in [1.807, 2.05) is 10.6 Å². The lowest BCUT2D eigenvalue weighted by Crippen LogP contribution is -2.24. The Morgan fingerprint density at radius 2 is 2.30 bits per heavy atom. The van der Waals surface area contributed by atoms with E-state index >= 15 is 0 Å². The highest BCUT2D eigenvalue weighted by Gasteiger charge is 2.12. The third-order valence-electron chi connectivity index (χ3n) is 2.55. The summed E-state index contributed by atoms with van der Waals surface area (Å²) in [5.41, 5.74) is 1.58. The number of carbonyl (C=O) groups excluding carboxylic acids is 1. The molecule has 0 bridgehead atoms. The Labute approximate surface area is 119 Å². The van der Waals surface area contributed by atoms with Crippen LogP contribution in [0.3, 0.4) is 0 Å². The van der Waals surface area contributed by atoms with Gasteiger partial charge in [0.05, 0.1) is 17.5 Å². The van der Waals surface area contributed by atoms with Crippen molar-refractivity contribution in [3.05, 3.63) is 18.5 Å². The predicted molar refractivity (Wildman–Crippen MR) is 74.6 cm³/mol. The predicted octanol–water partition coefficient (Wildman–Crippen LogP) is 0.744. The third-order valence-corrected chi connectivity index (χ3v) is 3.51. The molecule has 0 radical (unpaired) electrons. The molecule has 2 heterocycles. The van der Waals surface area contributed by atoms with Gasteiger partial charge in [0.2, 0.25) is 5.91 Å². The fourth-order valence-electron chi connectivity index (χ4n) is 1.76. The molecule has 0 saturated carbocycles. The number of hydrogen-bond acceptors (Lipinski definition) is 5. The molecule has 1 amide bonds. The van der Waals surface area contributed by atoms with E-state index in [9.17, 15) is 9.59 Å². The van der Waals surface area contributed by atoms with E-state index in [4.69, 9.17) is 5.11 Å². The average molecular weight is 294 g/mol. The fraction of sp³-hybridized carbons (Fsp3) is 0.333. The molecule has 0 aromatic carbocycles. The van der Waals surface area contributed by atoms with E-state index in [-0.39, 0.29) is 11.7 Å². The van der Waals surface area contributed by atoms with E-state index < -0.39 is 5.97 Å². The number of amides is 1. The number of carbonyl (C=O) groups is 2. The van der Waals surface area contributed by atoms with Gasteiger partial charge in [-0.15, -0.1) is 0 Å². The quantitative estimate of drug-likeness (QED) is 0.763. The van der Waals surface area contributed by atoms with Gasteiger partial charge in [-0.2, -0.15) is 0 Å². The van der Waals surface area contributed by atoms with Gasteiger partial charge in [0.15, 0.2) is 5.16 Å². The van der Waals surface area contributed by atoms with E-state index in [0.29, 0.717) is 23.8 Å². The van der Waals surface area contributed by atoms with Gasteiger partial charge in [-0.05, 0) is 6.07 Å². The molecule has 8 heteroatoms. The van der Waals surface area contributed by atoms with E-state index in [0.717, 1.165) is 17.3 Å². The van der Waals surface area contributed by atoms with E-state index in [2.05, 4.69) is 15.3 Å². The summed E-state index contributed by atoms with van der Waals surface area (Å²) in [7, 11) is 0. The van der Waals surface area contributed by atoms with Gasteiger partial charge in [-0.1, -0.05) is 11.8 Å². The van der Waals surface area contributed by atoms with Crippen LogP contribution in [0.2, 0.25) is 0 Å². The van der Waals surface area contributed by atoms with Crippen molar-refractivity contribution in [3.8, 4) is 0 Å². The van der Waals surface area contributed by atoms with Crippen molar-refractivity contribution in [1.82, 2.24) is 19.9 Å². The Kier molecular flexibility index (Phi) is 4.57. The third kappa shape index (κ3) is 3.47. The van der Waals surface area contributed by atoms with Crippen LogP contribution < -0.4 is 5.32 Å². The molecular formula is C12H14N4O3S. The summed E-state index contributed by atoms with van der Waals surface area (Å²) in [5, 5.41) is 12.1. The van der Waals surface area contributed by atoms with Gasteiger partial charge in [0.25, 0.3) is 0 Å². The van der Waals surface area contributed by atoms with Gasteiger partial charge < -0.3 is 15.0 Å². The van der Waals surface area contributed by atoms with Gasteiger partial charge in [-0.25, -0.2) is 4.98 Å². The Hall–Kier alpha value is -2.09. The van der Waals surface area contributed by atoms with Gasteiger partial charge >= 0.3 is 5.97 Å². The van der Waals surface area contributed by atoms with Crippen LogP contribution in [0, 0.1) is 0 Å². The maximum absolute atomic E-state index is 10.9. The highest BCUT2D eigenvalue weighted by molar-refractivity contribution is 7.99. The van der Waals surface area contributed by atoms with Crippen LogP contribution in [-0.4, -0.2) is 43.8 Å². The monoisotopic (exact) mass is 294 g/mol. The zero-order valence-corrected chi connectivity index (χ0v) is 11.7. The number of aromatic nitrogens is 3. The van der Waals surface area contributed by atoms with Crippen LogP contribution in [0.1, 0.15) is 6.92 Å².